The zero-order valence-corrected chi connectivity index (χ0v) is 7.17. The van der Waals surface area contributed by atoms with Crippen LogP contribution in [0.3, 0.4) is 0 Å². The molecule has 5 N–H and O–H groups in total. The Labute approximate surface area is 78.8 Å². The first-order valence-electron chi connectivity index (χ1n) is 3.76. The second kappa shape index (κ2) is 4.01. The first kappa shape index (κ1) is 10.4. The van der Waals surface area contributed by atoms with Crippen LogP contribution in [-0.2, 0) is 6.54 Å². The van der Waals surface area contributed by atoms with Crippen LogP contribution in [-0.4, -0.2) is 11.0 Å². The van der Waals surface area contributed by atoms with E-state index in [-0.39, 0.29) is 23.5 Å². The van der Waals surface area contributed by atoms with Gasteiger partial charge in [0, 0.05) is 17.7 Å². The summed E-state index contributed by atoms with van der Waals surface area (Å²) in [5.41, 5.74) is 10.0. The highest BCUT2D eigenvalue weighted by Crippen LogP contribution is 2.14. The van der Waals surface area contributed by atoms with E-state index in [0.29, 0.717) is 0 Å². The molecule has 0 unspecified atom stereocenters. The Hall–Kier alpha value is -1.69. The lowest BCUT2D eigenvalue weighted by Gasteiger charge is -2.04. The van der Waals surface area contributed by atoms with Crippen LogP contribution in [0.15, 0.2) is 17.3 Å². The van der Waals surface area contributed by atoms with Crippen molar-refractivity contribution in [2.24, 2.45) is 16.6 Å². The van der Waals surface area contributed by atoms with Crippen LogP contribution in [0.2, 0.25) is 0 Å². The van der Waals surface area contributed by atoms with Gasteiger partial charge in [0.2, 0.25) is 0 Å². The molecule has 0 spiro atoms. The second-order valence-electron chi connectivity index (χ2n) is 2.61. The monoisotopic (exact) mass is 201 g/mol. The van der Waals surface area contributed by atoms with E-state index in [1.54, 1.807) is 0 Å². The third-order valence-electron chi connectivity index (χ3n) is 1.75. The average molecular weight is 201 g/mol. The average Bonchev–Trinajstić information content (AvgIpc) is 2.16. The van der Waals surface area contributed by atoms with E-state index in [0.717, 1.165) is 12.1 Å². The summed E-state index contributed by atoms with van der Waals surface area (Å²) < 4.78 is 26.2. The van der Waals surface area contributed by atoms with E-state index in [9.17, 15) is 8.78 Å². The molecule has 0 heterocycles. The third-order valence-corrected chi connectivity index (χ3v) is 1.75. The van der Waals surface area contributed by atoms with E-state index in [1.807, 2.05) is 0 Å². The van der Waals surface area contributed by atoms with Gasteiger partial charge in [0.1, 0.15) is 11.6 Å². The Morgan fingerprint density at radius 3 is 2.21 bits per heavy atom. The van der Waals surface area contributed by atoms with Gasteiger partial charge in [-0.25, -0.2) is 8.78 Å². The van der Waals surface area contributed by atoms with Gasteiger partial charge in [-0.1, -0.05) is 5.16 Å². The van der Waals surface area contributed by atoms with E-state index in [1.165, 1.54) is 0 Å². The van der Waals surface area contributed by atoms with Crippen molar-refractivity contribution in [3.63, 3.8) is 0 Å². The van der Waals surface area contributed by atoms with Crippen LogP contribution in [0, 0.1) is 11.6 Å². The molecular formula is C8H9F2N3O. The highest BCUT2D eigenvalue weighted by atomic mass is 19.1. The number of hydrogen-bond acceptors (Lipinski definition) is 3. The van der Waals surface area contributed by atoms with Crippen molar-refractivity contribution in [3.8, 4) is 0 Å². The van der Waals surface area contributed by atoms with Crippen LogP contribution in [0.25, 0.3) is 0 Å². The predicted octanol–water partition coefficient (Wildman–Crippen LogP) is 0.518. The zero-order valence-electron chi connectivity index (χ0n) is 7.17. The van der Waals surface area contributed by atoms with Crippen molar-refractivity contribution in [1.82, 2.24) is 0 Å². The molecule has 0 saturated carbocycles. The molecule has 1 rings (SSSR count). The first-order chi connectivity index (χ1) is 6.60. The highest BCUT2D eigenvalue weighted by molar-refractivity contribution is 5.97. The predicted molar refractivity (Wildman–Crippen MR) is 46.8 cm³/mol. The van der Waals surface area contributed by atoms with Crippen molar-refractivity contribution in [1.29, 1.82) is 0 Å². The van der Waals surface area contributed by atoms with Crippen molar-refractivity contribution in [2.45, 2.75) is 6.54 Å². The summed E-state index contributed by atoms with van der Waals surface area (Å²) in [5, 5.41) is 10.9. The van der Waals surface area contributed by atoms with Gasteiger partial charge >= 0.3 is 0 Å². The normalized spacial score (nSPS) is 11.8. The standard InChI is InChI=1S/C8H9F2N3O/c9-6-1-4(8(12)13-14)2-7(10)5(6)3-11/h1-2,14H,3,11H2,(H2,12,13). The van der Waals surface area contributed by atoms with Gasteiger partial charge in [-0.2, -0.15) is 0 Å². The third kappa shape index (κ3) is 1.80. The van der Waals surface area contributed by atoms with Gasteiger partial charge in [-0.15, -0.1) is 0 Å². The Kier molecular flexibility index (Phi) is 2.98. The smallest absolute Gasteiger partial charge is 0.170 e. The molecule has 0 aliphatic heterocycles. The summed E-state index contributed by atoms with van der Waals surface area (Å²) in [7, 11) is 0. The SMILES string of the molecule is NCc1c(F)cc(/C(N)=N/O)cc1F. The summed E-state index contributed by atoms with van der Waals surface area (Å²) in [6, 6.07) is 1.92. The topological polar surface area (TPSA) is 84.6 Å². The molecule has 0 aromatic heterocycles. The maximum absolute atomic E-state index is 13.1. The number of nitrogens with zero attached hydrogens (tertiary/aromatic N) is 1. The highest BCUT2D eigenvalue weighted by Gasteiger charge is 2.11. The van der Waals surface area contributed by atoms with Crippen LogP contribution in [0.5, 0.6) is 0 Å². The number of hydrogen-bond donors (Lipinski definition) is 3. The molecule has 0 aliphatic carbocycles. The maximum atomic E-state index is 13.1. The van der Waals surface area contributed by atoms with Crippen LogP contribution in [0.4, 0.5) is 8.78 Å². The van der Waals surface area contributed by atoms with Gasteiger partial charge in [-0.3, -0.25) is 0 Å². The van der Waals surface area contributed by atoms with Gasteiger partial charge in [0.05, 0.1) is 0 Å². The van der Waals surface area contributed by atoms with Crippen molar-refractivity contribution in [2.75, 3.05) is 0 Å². The second-order valence-corrected chi connectivity index (χ2v) is 2.61. The Bertz CT molecular complexity index is 356. The number of halogens is 2. The summed E-state index contributed by atoms with van der Waals surface area (Å²) in [6.45, 7) is -0.242. The lowest BCUT2D eigenvalue weighted by molar-refractivity contribution is 0.318. The molecule has 4 nitrogen and oxygen atoms in total. The van der Waals surface area contributed by atoms with Crippen LogP contribution < -0.4 is 11.5 Å². The minimum Gasteiger partial charge on any atom is -0.409 e. The van der Waals surface area contributed by atoms with E-state index in [2.05, 4.69) is 5.16 Å². The summed E-state index contributed by atoms with van der Waals surface area (Å²) in [5.74, 6) is -1.98. The first-order valence-corrected chi connectivity index (χ1v) is 3.76. The van der Waals surface area contributed by atoms with Crippen molar-refractivity contribution in [3.05, 3.63) is 34.9 Å². The molecule has 1 aromatic rings. The summed E-state index contributed by atoms with van der Waals surface area (Å²) in [6.07, 6.45) is 0. The zero-order chi connectivity index (χ0) is 10.7. The number of rotatable bonds is 2. The summed E-state index contributed by atoms with van der Waals surface area (Å²) in [4.78, 5) is 0. The van der Waals surface area contributed by atoms with Gasteiger partial charge in [0.15, 0.2) is 5.84 Å². The number of nitrogens with two attached hydrogens (primary N) is 2. The minimum atomic E-state index is -0.811. The van der Waals surface area contributed by atoms with Crippen molar-refractivity contribution >= 4 is 5.84 Å². The van der Waals surface area contributed by atoms with Crippen LogP contribution in [0.1, 0.15) is 11.1 Å². The molecule has 14 heavy (non-hydrogen) atoms. The molecule has 1 aromatic carbocycles. The maximum Gasteiger partial charge on any atom is 0.170 e. The molecule has 0 radical (unpaired) electrons. The molecule has 0 bridgehead atoms. The quantitative estimate of drug-likeness (QED) is 0.282. The molecule has 0 fully saturated rings. The largest absolute Gasteiger partial charge is 0.409 e. The fourth-order valence-electron chi connectivity index (χ4n) is 1.00. The van der Waals surface area contributed by atoms with Gasteiger partial charge in [-0.05, 0) is 12.1 Å². The van der Waals surface area contributed by atoms with E-state index >= 15 is 0 Å². The molecule has 0 saturated heterocycles. The fourth-order valence-corrected chi connectivity index (χ4v) is 1.00. The fraction of sp³-hybridized carbons (Fsp3) is 0.125. The molecular weight excluding hydrogens is 192 g/mol. The lowest BCUT2D eigenvalue weighted by atomic mass is 10.1. The Morgan fingerprint density at radius 1 is 1.36 bits per heavy atom. The number of benzene rings is 1. The molecule has 0 amide bonds. The lowest BCUT2D eigenvalue weighted by Crippen LogP contribution is -2.15. The van der Waals surface area contributed by atoms with E-state index < -0.39 is 11.6 Å². The summed E-state index contributed by atoms with van der Waals surface area (Å²) >= 11 is 0. The Balaban J connectivity index is 3.27. The molecule has 76 valence electrons. The molecule has 0 atom stereocenters. The van der Waals surface area contributed by atoms with Gasteiger partial charge < -0.3 is 16.7 Å². The minimum absolute atomic E-state index is 0.0281. The molecule has 6 heteroatoms. The van der Waals surface area contributed by atoms with Gasteiger partial charge in [0.25, 0.3) is 0 Å². The van der Waals surface area contributed by atoms with Crippen LogP contribution >= 0.6 is 0 Å². The van der Waals surface area contributed by atoms with E-state index in [4.69, 9.17) is 16.7 Å². The number of oxime groups is 1. The number of amidine groups is 1. The Morgan fingerprint density at radius 2 is 1.86 bits per heavy atom. The van der Waals surface area contributed by atoms with Crippen molar-refractivity contribution < 1.29 is 14.0 Å². The molecule has 0 aliphatic rings.